The van der Waals surface area contributed by atoms with Crippen LogP contribution in [0.1, 0.15) is 18.1 Å². The number of fused-ring (bicyclic) bond motifs is 1. The Labute approximate surface area is 154 Å². The average molecular weight is 352 g/mol. The minimum absolute atomic E-state index is 0.599. The van der Waals surface area contributed by atoms with Crippen molar-refractivity contribution in [3.63, 3.8) is 0 Å². The Morgan fingerprint density at radius 3 is 2.08 bits per heavy atom. The van der Waals surface area contributed by atoms with Crippen LogP contribution in [0, 0.1) is 0 Å². The molecule has 0 unspecified atom stereocenters. The predicted molar refractivity (Wildman–Crippen MR) is 104 cm³/mol. The van der Waals surface area contributed by atoms with E-state index < -0.39 is 0 Å². The quantitative estimate of drug-likeness (QED) is 0.609. The minimum Gasteiger partial charge on any atom is -0.494 e. The maximum atomic E-state index is 5.89. The van der Waals surface area contributed by atoms with Crippen LogP contribution in [0.2, 0.25) is 0 Å². The predicted octanol–water partition coefficient (Wildman–Crippen LogP) is 4.86. The van der Waals surface area contributed by atoms with E-state index in [9.17, 15) is 0 Å². The van der Waals surface area contributed by atoms with E-state index in [0.717, 1.165) is 16.9 Å². The van der Waals surface area contributed by atoms with E-state index >= 15 is 0 Å². The third kappa shape index (κ3) is 3.40. The minimum atomic E-state index is 0.599. The second kappa shape index (κ2) is 8.00. The Balaban J connectivity index is 2.12. The van der Waals surface area contributed by atoms with Gasteiger partial charge in [-0.2, -0.15) is 0 Å². The molecule has 0 fully saturated rings. The van der Waals surface area contributed by atoms with Crippen molar-refractivity contribution in [2.24, 2.45) is 0 Å². The van der Waals surface area contributed by atoms with Gasteiger partial charge in [0.2, 0.25) is 5.75 Å². The second-order valence-electron chi connectivity index (χ2n) is 5.91. The fourth-order valence-corrected chi connectivity index (χ4v) is 3.23. The molecule has 3 aromatic carbocycles. The van der Waals surface area contributed by atoms with Gasteiger partial charge in [-0.15, -0.1) is 0 Å². The largest absolute Gasteiger partial charge is 0.494 e. The summed E-state index contributed by atoms with van der Waals surface area (Å²) in [6.07, 6.45) is 0.702. The molecule has 0 spiro atoms. The maximum Gasteiger partial charge on any atom is 0.203 e. The van der Waals surface area contributed by atoms with Gasteiger partial charge in [-0.1, -0.05) is 30.3 Å². The van der Waals surface area contributed by atoms with Gasteiger partial charge in [-0.25, -0.2) is 0 Å². The first-order valence-corrected chi connectivity index (χ1v) is 8.64. The van der Waals surface area contributed by atoms with Crippen LogP contribution >= 0.6 is 0 Å². The fourth-order valence-electron chi connectivity index (χ4n) is 3.23. The van der Waals surface area contributed by atoms with Gasteiger partial charge in [-0.05, 0) is 41.5 Å². The number of hydrogen-bond donors (Lipinski definition) is 0. The van der Waals surface area contributed by atoms with E-state index in [1.165, 1.54) is 10.8 Å². The van der Waals surface area contributed by atoms with Crippen molar-refractivity contribution in [3.8, 4) is 23.0 Å². The number of rotatable bonds is 7. The molecule has 0 N–H and O–H groups in total. The van der Waals surface area contributed by atoms with Gasteiger partial charge in [0.05, 0.1) is 27.9 Å². The van der Waals surface area contributed by atoms with Gasteiger partial charge in [0.15, 0.2) is 11.5 Å². The summed E-state index contributed by atoms with van der Waals surface area (Å²) in [6.45, 7) is 2.62. The van der Waals surface area contributed by atoms with Gasteiger partial charge < -0.3 is 18.9 Å². The lowest BCUT2D eigenvalue weighted by Gasteiger charge is -2.16. The van der Waals surface area contributed by atoms with E-state index in [2.05, 4.69) is 24.3 Å². The molecule has 0 aliphatic heterocycles. The molecule has 0 aliphatic carbocycles. The molecule has 26 heavy (non-hydrogen) atoms. The highest BCUT2D eigenvalue weighted by molar-refractivity contribution is 5.88. The number of hydrogen-bond acceptors (Lipinski definition) is 4. The van der Waals surface area contributed by atoms with E-state index in [4.69, 9.17) is 18.9 Å². The fraction of sp³-hybridized carbons (Fsp3) is 0.273. The number of methoxy groups -OCH3 is 3. The van der Waals surface area contributed by atoms with Gasteiger partial charge in [0.1, 0.15) is 5.75 Å². The Bertz CT molecular complexity index is 877. The molecule has 0 amide bonds. The summed E-state index contributed by atoms with van der Waals surface area (Å²) in [5, 5.41) is 2.38. The van der Waals surface area contributed by atoms with Gasteiger partial charge >= 0.3 is 0 Å². The number of ether oxygens (including phenoxy) is 4. The highest BCUT2D eigenvalue weighted by Gasteiger charge is 2.16. The second-order valence-corrected chi connectivity index (χ2v) is 5.91. The Morgan fingerprint density at radius 2 is 1.46 bits per heavy atom. The lowest BCUT2D eigenvalue weighted by atomic mass is 9.97. The van der Waals surface area contributed by atoms with Crippen LogP contribution in [0.5, 0.6) is 23.0 Å². The van der Waals surface area contributed by atoms with Crippen molar-refractivity contribution < 1.29 is 18.9 Å². The molecule has 0 atom stereocenters. The highest BCUT2D eigenvalue weighted by atomic mass is 16.5. The Kier molecular flexibility index (Phi) is 5.52. The molecule has 0 aliphatic rings. The van der Waals surface area contributed by atoms with E-state index in [1.807, 2.05) is 31.2 Å². The van der Waals surface area contributed by atoms with Gasteiger partial charge in [-0.3, -0.25) is 0 Å². The van der Waals surface area contributed by atoms with Crippen molar-refractivity contribution in [1.82, 2.24) is 0 Å². The molecule has 0 saturated carbocycles. The van der Waals surface area contributed by atoms with Gasteiger partial charge in [0.25, 0.3) is 0 Å². The molecule has 0 aromatic heterocycles. The molecule has 3 aromatic rings. The summed E-state index contributed by atoms with van der Waals surface area (Å²) in [7, 11) is 4.87. The molecule has 0 heterocycles. The van der Waals surface area contributed by atoms with E-state index in [-0.39, 0.29) is 0 Å². The smallest absolute Gasteiger partial charge is 0.203 e. The van der Waals surface area contributed by atoms with E-state index in [0.29, 0.717) is 30.3 Å². The molecular formula is C22H24O4. The van der Waals surface area contributed by atoms with Crippen molar-refractivity contribution >= 4 is 10.8 Å². The maximum absolute atomic E-state index is 5.89. The monoisotopic (exact) mass is 352 g/mol. The van der Waals surface area contributed by atoms with Crippen LogP contribution in [0.15, 0.2) is 48.5 Å². The molecule has 4 heteroatoms. The first-order chi connectivity index (χ1) is 12.7. The zero-order valence-corrected chi connectivity index (χ0v) is 15.7. The molecule has 4 nitrogen and oxygen atoms in total. The third-order valence-corrected chi connectivity index (χ3v) is 4.40. The molecule has 0 saturated heterocycles. The van der Waals surface area contributed by atoms with Crippen LogP contribution in [0.3, 0.4) is 0 Å². The summed E-state index contributed by atoms with van der Waals surface area (Å²) in [4.78, 5) is 0. The number of benzene rings is 3. The Morgan fingerprint density at radius 1 is 0.769 bits per heavy atom. The summed E-state index contributed by atoms with van der Waals surface area (Å²) in [5.41, 5.74) is 2.22. The van der Waals surface area contributed by atoms with Crippen molar-refractivity contribution in [1.29, 1.82) is 0 Å². The van der Waals surface area contributed by atoms with Crippen molar-refractivity contribution in [3.05, 3.63) is 59.7 Å². The summed E-state index contributed by atoms with van der Waals surface area (Å²) < 4.78 is 22.3. The first kappa shape index (κ1) is 17.9. The average Bonchev–Trinajstić information content (AvgIpc) is 2.69. The highest BCUT2D eigenvalue weighted by Crippen LogP contribution is 2.40. The molecule has 0 bridgehead atoms. The summed E-state index contributed by atoms with van der Waals surface area (Å²) in [5.74, 6) is 2.81. The standard InChI is InChI=1S/C22H24O4/c1-5-26-19-11-10-16-8-6-7-9-17(16)18(19)12-15-13-20(23-2)22(25-4)21(14-15)24-3/h6-11,13-14H,5,12H2,1-4H3. The summed E-state index contributed by atoms with van der Waals surface area (Å²) in [6, 6.07) is 16.5. The normalized spacial score (nSPS) is 10.6. The molecule has 136 valence electrons. The van der Waals surface area contributed by atoms with Crippen LogP contribution in [0.25, 0.3) is 10.8 Å². The van der Waals surface area contributed by atoms with Crippen LogP contribution in [-0.4, -0.2) is 27.9 Å². The van der Waals surface area contributed by atoms with Crippen molar-refractivity contribution in [2.75, 3.05) is 27.9 Å². The van der Waals surface area contributed by atoms with Gasteiger partial charge in [0, 0.05) is 12.0 Å². The van der Waals surface area contributed by atoms with Crippen LogP contribution in [0.4, 0.5) is 0 Å². The lowest BCUT2D eigenvalue weighted by Crippen LogP contribution is -2.01. The van der Waals surface area contributed by atoms with Crippen molar-refractivity contribution in [2.45, 2.75) is 13.3 Å². The topological polar surface area (TPSA) is 36.9 Å². The van der Waals surface area contributed by atoms with E-state index in [1.54, 1.807) is 21.3 Å². The summed E-state index contributed by atoms with van der Waals surface area (Å²) >= 11 is 0. The van der Waals surface area contributed by atoms with Crippen LogP contribution in [-0.2, 0) is 6.42 Å². The zero-order chi connectivity index (χ0) is 18.5. The van der Waals surface area contributed by atoms with Crippen LogP contribution < -0.4 is 18.9 Å². The third-order valence-electron chi connectivity index (χ3n) is 4.40. The molecule has 0 radical (unpaired) electrons. The lowest BCUT2D eigenvalue weighted by molar-refractivity contribution is 0.323. The molecular weight excluding hydrogens is 328 g/mol. The SMILES string of the molecule is CCOc1ccc2ccccc2c1Cc1cc(OC)c(OC)c(OC)c1. The molecule has 3 rings (SSSR count). The zero-order valence-electron chi connectivity index (χ0n) is 15.7. The first-order valence-electron chi connectivity index (χ1n) is 8.64. The Hall–Kier alpha value is -2.88.